The van der Waals surface area contributed by atoms with Crippen molar-refractivity contribution < 1.29 is 8.78 Å². The van der Waals surface area contributed by atoms with Crippen LogP contribution < -0.4 is 11.1 Å². The minimum absolute atomic E-state index is 0.132. The van der Waals surface area contributed by atoms with E-state index in [1.807, 2.05) is 50.3 Å². The number of benzene rings is 1. The van der Waals surface area contributed by atoms with E-state index in [-0.39, 0.29) is 18.9 Å². The molecule has 0 radical (unpaired) electrons. The Bertz CT molecular complexity index is 680. The summed E-state index contributed by atoms with van der Waals surface area (Å²) in [6.07, 6.45) is 3.92. The van der Waals surface area contributed by atoms with Crippen molar-refractivity contribution >= 4 is 5.84 Å². The van der Waals surface area contributed by atoms with Gasteiger partial charge in [-0.25, -0.2) is 8.78 Å². The molecule has 142 valence electrons. The molecule has 6 heteroatoms. The van der Waals surface area contributed by atoms with E-state index in [4.69, 9.17) is 5.73 Å². The lowest BCUT2D eigenvalue weighted by Gasteiger charge is -2.41. The molecule has 1 aliphatic rings. The summed E-state index contributed by atoms with van der Waals surface area (Å²) in [5.41, 5.74) is 7.76. The quantitative estimate of drug-likeness (QED) is 0.621. The normalized spacial score (nSPS) is 21.7. The lowest BCUT2D eigenvalue weighted by Crippen LogP contribution is -2.47. The molecule has 1 aliphatic heterocycles. The Labute approximate surface area is 154 Å². The van der Waals surface area contributed by atoms with Gasteiger partial charge in [-0.2, -0.15) is 0 Å². The summed E-state index contributed by atoms with van der Waals surface area (Å²) in [5, 5.41) is 3.00. The second-order valence-corrected chi connectivity index (χ2v) is 6.61. The summed E-state index contributed by atoms with van der Waals surface area (Å²) in [6.45, 7) is 4.08. The van der Waals surface area contributed by atoms with Crippen LogP contribution in [0.4, 0.5) is 8.78 Å². The predicted molar refractivity (Wildman–Crippen MR) is 103 cm³/mol. The van der Waals surface area contributed by atoms with Crippen LogP contribution in [0, 0.1) is 0 Å². The molecule has 0 bridgehead atoms. The fourth-order valence-corrected chi connectivity index (χ4v) is 3.21. The van der Waals surface area contributed by atoms with Gasteiger partial charge in [0.25, 0.3) is 5.92 Å². The number of hydrogen-bond donors (Lipinski definition) is 2. The Hall–Kier alpha value is -2.37. The molecule has 1 aromatic carbocycles. The van der Waals surface area contributed by atoms with Crippen LogP contribution in [0.3, 0.4) is 0 Å². The van der Waals surface area contributed by atoms with Crippen LogP contribution in [0.15, 0.2) is 59.0 Å². The topological polar surface area (TPSA) is 53.6 Å². The molecule has 1 fully saturated rings. The van der Waals surface area contributed by atoms with Gasteiger partial charge in [-0.1, -0.05) is 30.3 Å². The third-order valence-corrected chi connectivity index (χ3v) is 4.63. The van der Waals surface area contributed by atoms with Gasteiger partial charge in [0.05, 0.1) is 5.82 Å². The van der Waals surface area contributed by atoms with Crippen LogP contribution in [-0.2, 0) is 6.42 Å². The standard InChI is InChI=1S/C20H28F2N4/c1-4-18(23)25-19(24-3)12-15(2)26-11-10-20(21,22)14-17(26)13-16-8-6-5-7-9-16/h4-9,12,17H,10-11,13-14,23H2,1-3H3,(H,24,25)/b15-12+,18-4-. The zero-order chi connectivity index (χ0) is 19.2. The molecule has 1 aromatic rings. The maximum Gasteiger partial charge on any atom is 0.251 e. The summed E-state index contributed by atoms with van der Waals surface area (Å²) in [4.78, 5) is 6.24. The third kappa shape index (κ3) is 5.58. The fraction of sp³-hybridized carbons (Fsp3) is 0.450. The van der Waals surface area contributed by atoms with Gasteiger partial charge in [0.2, 0.25) is 0 Å². The van der Waals surface area contributed by atoms with E-state index in [0.29, 0.717) is 24.6 Å². The number of rotatable bonds is 5. The average Bonchev–Trinajstić information content (AvgIpc) is 2.61. The SMILES string of the molecule is C/C=C(/N)NC(/C=C(\C)N1CCC(F)(F)CC1Cc1ccccc1)=NC. The maximum atomic E-state index is 14.0. The van der Waals surface area contributed by atoms with Crippen molar-refractivity contribution in [1.82, 2.24) is 10.2 Å². The minimum Gasteiger partial charge on any atom is -0.385 e. The minimum atomic E-state index is -2.62. The number of halogens is 2. The molecular formula is C20H28F2N4. The van der Waals surface area contributed by atoms with Crippen LogP contribution in [-0.4, -0.2) is 36.3 Å². The summed E-state index contributed by atoms with van der Waals surface area (Å²) in [5.74, 6) is -1.51. The van der Waals surface area contributed by atoms with Gasteiger partial charge in [-0.05, 0) is 38.0 Å². The molecule has 0 amide bonds. The van der Waals surface area contributed by atoms with E-state index in [9.17, 15) is 8.78 Å². The predicted octanol–water partition coefficient (Wildman–Crippen LogP) is 3.67. The molecule has 1 saturated heterocycles. The summed E-state index contributed by atoms with van der Waals surface area (Å²) in [6, 6.07) is 9.52. The first-order valence-corrected chi connectivity index (χ1v) is 8.87. The van der Waals surface area contributed by atoms with Crippen molar-refractivity contribution in [3.8, 4) is 0 Å². The Kier molecular flexibility index (Phi) is 6.77. The first-order chi connectivity index (χ1) is 12.3. The van der Waals surface area contributed by atoms with E-state index in [1.165, 1.54) is 0 Å². The summed E-state index contributed by atoms with van der Waals surface area (Å²) < 4.78 is 28.1. The zero-order valence-corrected chi connectivity index (χ0v) is 15.7. The van der Waals surface area contributed by atoms with E-state index in [2.05, 4.69) is 15.2 Å². The van der Waals surface area contributed by atoms with Gasteiger partial charge in [-0.15, -0.1) is 0 Å². The molecule has 1 atom stereocenters. The van der Waals surface area contributed by atoms with Crippen molar-refractivity contribution in [2.24, 2.45) is 10.7 Å². The van der Waals surface area contributed by atoms with E-state index < -0.39 is 5.92 Å². The van der Waals surface area contributed by atoms with E-state index in [1.54, 1.807) is 13.1 Å². The number of allylic oxidation sites excluding steroid dienone is 2. The Morgan fingerprint density at radius 2 is 2.08 bits per heavy atom. The highest BCUT2D eigenvalue weighted by Crippen LogP contribution is 2.35. The van der Waals surface area contributed by atoms with Crippen molar-refractivity contribution in [3.63, 3.8) is 0 Å². The number of hydrogen-bond acceptors (Lipinski definition) is 3. The first kappa shape index (κ1) is 19.9. The highest BCUT2D eigenvalue weighted by Gasteiger charge is 2.40. The lowest BCUT2D eigenvalue weighted by molar-refractivity contribution is -0.0698. The number of amidine groups is 1. The van der Waals surface area contributed by atoms with Crippen LogP contribution >= 0.6 is 0 Å². The van der Waals surface area contributed by atoms with E-state index in [0.717, 1.165) is 11.3 Å². The van der Waals surface area contributed by atoms with Crippen molar-refractivity contribution in [2.75, 3.05) is 13.6 Å². The summed E-state index contributed by atoms with van der Waals surface area (Å²) >= 11 is 0. The van der Waals surface area contributed by atoms with Gasteiger partial charge in [0.15, 0.2) is 0 Å². The van der Waals surface area contributed by atoms with E-state index >= 15 is 0 Å². The maximum absolute atomic E-state index is 14.0. The number of nitrogens with one attached hydrogen (secondary N) is 1. The Morgan fingerprint density at radius 3 is 2.69 bits per heavy atom. The molecule has 1 heterocycles. The molecule has 0 spiro atoms. The molecule has 0 aromatic heterocycles. The average molecular weight is 362 g/mol. The van der Waals surface area contributed by atoms with Gasteiger partial charge < -0.3 is 16.0 Å². The smallest absolute Gasteiger partial charge is 0.251 e. The van der Waals surface area contributed by atoms with Crippen LogP contribution in [0.1, 0.15) is 32.3 Å². The molecule has 3 N–H and O–H groups in total. The van der Waals surface area contributed by atoms with Gasteiger partial charge in [-0.3, -0.25) is 4.99 Å². The number of nitrogens with two attached hydrogens (primary N) is 1. The van der Waals surface area contributed by atoms with Crippen LogP contribution in [0.5, 0.6) is 0 Å². The number of aliphatic imine (C=N–C) groups is 1. The van der Waals surface area contributed by atoms with Crippen molar-refractivity contribution in [3.05, 3.63) is 59.6 Å². The van der Waals surface area contributed by atoms with Gasteiger partial charge >= 0.3 is 0 Å². The summed E-state index contributed by atoms with van der Waals surface area (Å²) in [7, 11) is 1.67. The largest absolute Gasteiger partial charge is 0.385 e. The molecule has 2 rings (SSSR count). The molecule has 0 saturated carbocycles. The third-order valence-electron chi connectivity index (χ3n) is 4.63. The highest BCUT2D eigenvalue weighted by atomic mass is 19.3. The number of piperidine rings is 1. The fourth-order valence-electron chi connectivity index (χ4n) is 3.21. The second-order valence-electron chi connectivity index (χ2n) is 6.61. The molecule has 0 aliphatic carbocycles. The monoisotopic (exact) mass is 362 g/mol. The molecule has 26 heavy (non-hydrogen) atoms. The van der Waals surface area contributed by atoms with Gasteiger partial charge in [0, 0.05) is 38.2 Å². The van der Waals surface area contributed by atoms with Crippen LogP contribution in [0.2, 0.25) is 0 Å². The number of likely N-dealkylation sites (tertiary alicyclic amines) is 1. The molecular weight excluding hydrogens is 334 g/mol. The van der Waals surface area contributed by atoms with Crippen molar-refractivity contribution in [2.45, 2.75) is 45.1 Å². The number of alkyl halides is 2. The second kappa shape index (κ2) is 8.83. The lowest BCUT2D eigenvalue weighted by atomic mass is 9.92. The van der Waals surface area contributed by atoms with Crippen molar-refractivity contribution in [1.29, 1.82) is 0 Å². The molecule has 1 unspecified atom stereocenters. The Morgan fingerprint density at radius 1 is 1.38 bits per heavy atom. The first-order valence-electron chi connectivity index (χ1n) is 8.87. The molecule has 4 nitrogen and oxygen atoms in total. The zero-order valence-electron chi connectivity index (χ0n) is 15.7. The highest BCUT2D eigenvalue weighted by molar-refractivity contribution is 5.94. The number of nitrogens with zero attached hydrogens (tertiary/aromatic N) is 2. The van der Waals surface area contributed by atoms with Crippen LogP contribution in [0.25, 0.3) is 0 Å². The Balaban J connectivity index is 2.21. The van der Waals surface area contributed by atoms with Gasteiger partial charge in [0.1, 0.15) is 5.84 Å².